The van der Waals surface area contributed by atoms with Crippen LogP contribution >= 0.6 is 0 Å². The van der Waals surface area contributed by atoms with Gasteiger partial charge in [0.2, 0.25) is 0 Å². The lowest BCUT2D eigenvalue weighted by atomic mass is 10.0. The second-order valence-corrected chi connectivity index (χ2v) is 4.73. The molecular weight excluding hydrogens is 192 g/mol. The Balaban J connectivity index is 2.55. The Bertz CT molecular complexity index is 229. The minimum atomic E-state index is -0.215. The monoisotopic (exact) mass is 214 g/mol. The van der Waals surface area contributed by atoms with Crippen LogP contribution in [0.25, 0.3) is 0 Å². The molecule has 0 spiro atoms. The summed E-state index contributed by atoms with van der Waals surface area (Å²) in [4.78, 5) is 13.8. The molecule has 0 aromatic heterocycles. The highest BCUT2D eigenvalue weighted by Gasteiger charge is 2.34. The molecule has 88 valence electrons. The Kier molecular flexibility index (Phi) is 4.11. The number of hydrogen-bond donors (Lipinski definition) is 1. The minimum absolute atomic E-state index is 0.180. The first-order valence-corrected chi connectivity index (χ1v) is 5.51. The van der Waals surface area contributed by atoms with Gasteiger partial charge in [0, 0.05) is 12.1 Å². The van der Waals surface area contributed by atoms with Crippen LogP contribution in [0.3, 0.4) is 0 Å². The fourth-order valence-corrected chi connectivity index (χ4v) is 2.15. The van der Waals surface area contributed by atoms with Gasteiger partial charge in [-0.2, -0.15) is 0 Å². The third-order valence-electron chi connectivity index (χ3n) is 3.31. The molecule has 0 amide bonds. The molecule has 0 saturated carbocycles. The highest BCUT2D eigenvalue weighted by molar-refractivity contribution is 5.75. The van der Waals surface area contributed by atoms with Gasteiger partial charge in [0.15, 0.2) is 0 Å². The second-order valence-electron chi connectivity index (χ2n) is 4.73. The van der Waals surface area contributed by atoms with Gasteiger partial charge in [0.1, 0.15) is 6.04 Å². The molecule has 0 radical (unpaired) electrons. The van der Waals surface area contributed by atoms with Gasteiger partial charge in [-0.05, 0) is 40.3 Å². The third-order valence-corrected chi connectivity index (χ3v) is 3.31. The lowest BCUT2D eigenvalue weighted by Crippen LogP contribution is -2.49. The number of nitrogens with zero attached hydrogens (tertiary/aromatic N) is 1. The molecule has 0 aliphatic carbocycles. The standard InChI is InChI=1S/C11H22N2O2/c1-11(2)6-5-7-13(11)8-9(12-3)10(14)15-4/h9,12H,5-8H2,1-4H3. The quantitative estimate of drug-likeness (QED) is 0.697. The van der Waals surface area contributed by atoms with E-state index in [4.69, 9.17) is 4.74 Å². The molecule has 15 heavy (non-hydrogen) atoms. The predicted molar refractivity (Wildman–Crippen MR) is 59.7 cm³/mol. The lowest BCUT2D eigenvalue weighted by molar-refractivity contribution is -0.143. The van der Waals surface area contributed by atoms with E-state index in [0.717, 1.165) is 13.1 Å². The molecule has 1 aliphatic rings. The van der Waals surface area contributed by atoms with Crippen LogP contribution in [0.1, 0.15) is 26.7 Å². The fourth-order valence-electron chi connectivity index (χ4n) is 2.15. The first-order chi connectivity index (χ1) is 7.01. The zero-order valence-corrected chi connectivity index (χ0v) is 10.2. The van der Waals surface area contributed by atoms with Crippen molar-refractivity contribution in [3.8, 4) is 0 Å². The highest BCUT2D eigenvalue weighted by atomic mass is 16.5. The van der Waals surface area contributed by atoms with E-state index in [1.165, 1.54) is 20.0 Å². The molecule has 1 N–H and O–H groups in total. The van der Waals surface area contributed by atoms with E-state index in [0.29, 0.717) is 0 Å². The molecule has 1 fully saturated rings. The second kappa shape index (κ2) is 4.94. The minimum Gasteiger partial charge on any atom is -0.468 e. The largest absolute Gasteiger partial charge is 0.468 e. The zero-order chi connectivity index (χ0) is 11.5. The molecular formula is C11H22N2O2. The van der Waals surface area contributed by atoms with E-state index in [9.17, 15) is 4.79 Å². The van der Waals surface area contributed by atoms with E-state index in [1.54, 1.807) is 7.05 Å². The Morgan fingerprint density at radius 3 is 2.67 bits per heavy atom. The lowest BCUT2D eigenvalue weighted by Gasteiger charge is -2.33. The van der Waals surface area contributed by atoms with Gasteiger partial charge in [-0.3, -0.25) is 9.69 Å². The number of ether oxygens (including phenoxy) is 1. The maximum atomic E-state index is 11.4. The van der Waals surface area contributed by atoms with Gasteiger partial charge in [0.05, 0.1) is 7.11 Å². The topological polar surface area (TPSA) is 41.6 Å². The Morgan fingerprint density at radius 1 is 1.60 bits per heavy atom. The van der Waals surface area contributed by atoms with Crippen molar-refractivity contribution in [2.24, 2.45) is 0 Å². The van der Waals surface area contributed by atoms with E-state index < -0.39 is 0 Å². The number of esters is 1. The average molecular weight is 214 g/mol. The van der Waals surface area contributed by atoms with Crippen molar-refractivity contribution in [3.05, 3.63) is 0 Å². The highest BCUT2D eigenvalue weighted by Crippen LogP contribution is 2.27. The summed E-state index contributed by atoms with van der Waals surface area (Å²) >= 11 is 0. The molecule has 4 nitrogen and oxygen atoms in total. The summed E-state index contributed by atoms with van der Waals surface area (Å²) in [5.74, 6) is -0.180. The Hall–Kier alpha value is -0.610. The maximum Gasteiger partial charge on any atom is 0.324 e. The molecule has 0 bridgehead atoms. The summed E-state index contributed by atoms with van der Waals surface area (Å²) in [6.45, 7) is 6.26. The predicted octanol–water partition coefficient (Wildman–Crippen LogP) is 0.622. The SMILES string of the molecule is CNC(CN1CCCC1(C)C)C(=O)OC. The van der Waals surface area contributed by atoms with Crippen molar-refractivity contribution < 1.29 is 9.53 Å². The van der Waals surface area contributed by atoms with Gasteiger partial charge < -0.3 is 10.1 Å². The van der Waals surface area contributed by atoms with Crippen LogP contribution in [0.4, 0.5) is 0 Å². The summed E-state index contributed by atoms with van der Waals surface area (Å²) in [6, 6.07) is -0.215. The Labute approximate surface area is 92.0 Å². The van der Waals surface area contributed by atoms with E-state index in [-0.39, 0.29) is 17.6 Å². The number of methoxy groups -OCH3 is 1. The first kappa shape index (κ1) is 12.5. The normalized spacial score (nSPS) is 22.7. The maximum absolute atomic E-state index is 11.4. The molecule has 1 heterocycles. The van der Waals surface area contributed by atoms with Crippen LogP contribution < -0.4 is 5.32 Å². The van der Waals surface area contributed by atoms with Gasteiger partial charge in [-0.25, -0.2) is 0 Å². The molecule has 1 aliphatic heterocycles. The molecule has 1 rings (SSSR count). The number of hydrogen-bond acceptors (Lipinski definition) is 4. The summed E-state index contributed by atoms with van der Waals surface area (Å²) in [5.41, 5.74) is 0.211. The van der Waals surface area contributed by atoms with E-state index in [1.807, 2.05) is 0 Å². The van der Waals surface area contributed by atoms with Crippen LogP contribution in [-0.4, -0.2) is 49.7 Å². The molecule has 1 atom stereocenters. The summed E-state index contributed by atoms with van der Waals surface area (Å²) in [6.07, 6.45) is 2.41. The third kappa shape index (κ3) is 2.92. The van der Waals surface area contributed by atoms with Gasteiger partial charge in [-0.15, -0.1) is 0 Å². The van der Waals surface area contributed by atoms with E-state index >= 15 is 0 Å². The van der Waals surface area contributed by atoms with Gasteiger partial charge >= 0.3 is 5.97 Å². The van der Waals surface area contributed by atoms with Gasteiger partial charge in [0.25, 0.3) is 0 Å². The smallest absolute Gasteiger partial charge is 0.324 e. The molecule has 1 saturated heterocycles. The van der Waals surface area contributed by atoms with Crippen LogP contribution in [0.5, 0.6) is 0 Å². The molecule has 0 aromatic rings. The van der Waals surface area contributed by atoms with Crippen LogP contribution in [0, 0.1) is 0 Å². The summed E-state index contributed by atoms with van der Waals surface area (Å²) in [5, 5.41) is 3.00. The fraction of sp³-hybridized carbons (Fsp3) is 0.909. The number of likely N-dealkylation sites (N-methyl/N-ethyl adjacent to an activating group) is 1. The number of carbonyl (C=O) groups excluding carboxylic acids is 1. The van der Waals surface area contributed by atoms with Crippen molar-refractivity contribution in [1.29, 1.82) is 0 Å². The van der Waals surface area contributed by atoms with Crippen molar-refractivity contribution in [3.63, 3.8) is 0 Å². The number of likely N-dealkylation sites (tertiary alicyclic amines) is 1. The van der Waals surface area contributed by atoms with Crippen LogP contribution in [0.2, 0.25) is 0 Å². The van der Waals surface area contributed by atoms with Crippen molar-refractivity contribution in [2.45, 2.75) is 38.3 Å². The Morgan fingerprint density at radius 2 is 2.27 bits per heavy atom. The number of carbonyl (C=O) groups is 1. The van der Waals surface area contributed by atoms with Crippen molar-refractivity contribution in [1.82, 2.24) is 10.2 Å². The van der Waals surface area contributed by atoms with E-state index in [2.05, 4.69) is 24.1 Å². The molecule has 0 aromatic carbocycles. The van der Waals surface area contributed by atoms with Crippen molar-refractivity contribution in [2.75, 3.05) is 27.2 Å². The summed E-state index contributed by atoms with van der Waals surface area (Å²) < 4.78 is 4.75. The summed E-state index contributed by atoms with van der Waals surface area (Å²) in [7, 11) is 3.23. The van der Waals surface area contributed by atoms with Crippen LogP contribution in [-0.2, 0) is 9.53 Å². The molecule has 1 unspecified atom stereocenters. The number of rotatable bonds is 4. The molecule has 4 heteroatoms. The number of nitrogens with one attached hydrogen (secondary N) is 1. The zero-order valence-electron chi connectivity index (χ0n) is 10.2. The van der Waals surface area contributed by atoms with Crippen LogP contribution in [0.15, 0.2) is 0 Å². The average Bonchev–Trinajstić information content (AvgIpc) is 2.53. The first-order valence-electron chi connectivity index (χ1n) is 5.51. The van der Waals surface area contributed by atoms with Gasteiger partial charge in [-0.1, -0.05) is 0 Å². The van der Waals surface area contributed by atoms with Crippen molar-refractivity contribution >= 4 is 5.97 Å².